The van der Waals surface area contributed by atoms with E-state index in [9.17, 15) is 5.11 Å². The molecule has 0 heterocycles. The molecular formula is C17H28O2. The highest BCUT2D eigenvalue weighted by atomic mass is 16.5. The smallest absolute Gasteiger partial charge is 0.122 e. The second-order valence-electron chi connectivity index (χ2n) is 5.27. The fraction of sp³-hybridized carbons (Fsp3) is 0.647. The van der Waals surface area contributed by atoms with Gasteiger partial charge in [0.2, 0.25) is 0 Å². The van der Waals surface area contributed by atoms with Gasteiger partial charge in [-0.1, -0.05) is 57.9 Å². The number of hydrogen-bond acceptors (Lipinski definition) is 2. The second-order valence-corrected chi connectivity index (χ2v) is 5.27. The number of benzene rings is 1. The summed E-state index contributed by atoms with van der Waals surface area (Å²) in [5.41, 5.74) is 0.888. The van der Waals surface area contributed by atoms with Gasteiger partial charge in [-0.15, -0.1) is 0 Å². The Balaban J connectivity index is 2.00. The highest BCUT2D eigenvalue weighted by Crippen LogP contribution is 2.22. The largest absolute Gasteiger partial charge is 0.508 e. The molecule has 0 aliphatic carbocycles. The van der Waals surface area contributed by atoms with Crippen LogP contribution in [0.25, 0.3) is 0 Å². The third-order valence-corrected chi connectivity index (χ3v) is 3.45. The Kier molecular flexibility index (Phi) is 8.11. The Morgan fingerprint density at radius 2 is 1.58 bits per heavy atom. The molecular weight excluding hydrogens is 236 g/mol. The number of aromatic hydroxyl groups is 1. The summed E-state index contributed by atoms with van der Waals surface area (Å²) < 4.78 is 5.63. The predicted molar refractivity (Wildman–Crippen MR) is 80.9 cm³/mol. The standard InChI is InChI=1S/C17H28O2/c1-3-4-5-6-7-8-9-10-13-19-16-12-11-15(2)17(18)14-16/h11-12,14,18H,3-10,13H2,1-2H3. The van der Waals surface area contributed by atoms with Crippen molar-refractivity contribution in [3.8, 4) is 11.5 Å². The van der Waals surface area contributed by atoms with Crippen LogP contribution in [0.5, 0.6) is 11.5 Å². The average Bonchev–Trinajstić information content (AvgIpc) is 2.41. The van der Waals surface area contributed by atoms with Crippen molar-refractivity contribution in [2.75, 3.05) is 6.61 Å². The van der Waals surface area contributed by atoms with Crippen molar-refractivity contribution in [1.82, 2.24) is 0 Å². The van der Waals surface area contributed by atoms with E-state index in [1.54, 1.807) is 6.07 Å². The van der Waals surface area contributed by atoms with Gasteiger partial charge >= 0.3 is 0 Å². The minimum atomic E-state index is 0.313. The van der Waals surface area contributed by atoms with Crippen LogP contribution in [0.3, 0.4) is 0 Å². The minimum absolute atomic E-state index is 0.313. The third-order valence-electron chi connectivity index (χ3n) is 3.45. The number of unbranched alkanes of at least 4 members (excludes halogenated alkanes) is 7. The van der Waals surface area contributed by atoms with Crippen molar-refractivity contribution >= 4 is 0 Å². The van der Waals surface area contributed by atoms with Crippen LogP contribution >= 0.6 is 0 Å². The predicted octanol–water partition coefficient (Wildman–Crippen LogP) is 5.22. The van der Waals surface area contributed by atoms with E-state index in [0.29, 0.717) is 5.75 Å². The van der Waals surface area contributed by atoms with Gasteiger partial charge in [0.1, 0.15) is 11.5 Å². The van der Waals surface area contributed by atoms with E-state index in [-0.39, 0.29) is 0 Å². The number of phenolic OH excluding ortho intramolecular Hbond substituents is 1. The van der Waals surface area contributed by atoms with Gasteiger partial charge in [-0.05, 0) is 25.0 Å². The maximum absolute atomic E-state index is 9.56. The minimum Gasteiger partial charge on any atom is -0.508 e. The number of phenols is 1. The number of aryl methyl sites for hydroxylation is 1. The first-order valence-electron chi connectivity index (χ1n) is 7.66. The summed E-state index contributed by atoms with van der Waals surface area (Å²) in [7, 11) is 0. The molecule has 1 N–H and O–H groups in total. The van der Waals surface area contributed by atoms with Crippen LogP contribution < -0.4 is 4.74 Å². The van der Waals surface area contributed by atoms with Gasteiger partial charge in [0.25, 0.3) is 0 Å². The molecule has 0 unspecified atom stereocenters. The summed E-state index contributed by atoms with van der Waals surface area (Å²) in [5, 5.41) is 9.56. The first-order valence-corrected chi connectivity index (χ1v) is 7.66. The number of hydrogen-bond donors (Lipinski definition) is 1. The van der Waals surface area contributed by atoms with Crippen LogP contribution in [0.15, 0.2) is 18.2 Å². The van der Waals surface area contributed by atoms with Crippen molar-refractivity contribution < 1.29 is 9.84 Å². The summed E-state index contributed by atoms with van der Waals surface area (Å²) in [6.07, 6.45) is 10.5. The Morgan fingerprint density at radius 3 is 2.21 bits per heavy atom. The SMILES string of the molecule is CCCCCCCCCCOc1ccc(C)c(O)c1. The lowest BCUT2D eigenvalue weighted by Gasteiger charge is -2.07. The second kappa shape index (κ2) is 9.71. The molecule has 0 spiro atoms. The zero-order valence-corrected chi connectivity index (χ0v) is 12.5. The maximum atomic E-state index is 9.56. The summed E-state index contributed by atoms with van der Waals surface area (Å²) in [6.45, 7) is 4.88. The molecule has 1 aromatic rings. The molecule has 0 aromatic heterocycles. The van der Waals surface area contributed by atoms with Gasteiger partial charge in [-0.2, -0.15) is 0 Å². The van der Waals surface area contributed by atoms with Gasteiger partial charge in [0.15, 0.2) is 0 Å². The number of ether oxygens (including phenoxy) is 1. The van der Waals surface area contributed by atoms with E-state index >= 15 is 0 Å². The van der Waals surface area contributed by atoms with Gasteiger partial charge in [0, 0.05) is 6.07 Å². The average molecular weight is 264 g/mol. The third kappa shape index (κ3) is 7.09. The Morgan fingerprint density at radius 1 is 0.947 bits per heavy atom. The Labute approximate surface area is 117 Å². The summed E-state index contributed by atoms with van der Waals surface area (Å²) in [5.74, 6) is 1.08. The molecule has 0 radical (unpaired) electrons. The monoisotopic (exact) mass is 264 g/mol. The summed E-state index contributed by atoms with van der Waals surface area (Å²) in [4.78, 5) is 0. The van der Waals surface area contributed by atoms with Crippen molar-refractivity contribution in [2.45, 2.75) is 65.2 Å². The first-order chi connectivity index (χ1) is 9.24. The molecule has 1 rings (SSSR count). The molecule has 0 fully saturated rings. The van der Waals surface area contributed by atoms with Crippen molar-refractivity contribution in [3.05, 3.63) is 23.8 Å². The molecule has 2 heteroatoms. The Bertz CT molecular complexity index is 347. The van der Waals surface area contributed by atoms with E-state index in [1.165, 1.54) is 44.9 Å². The number of rotatable bonds is 10. The summed E-state index contributed by atoms with van der Waals surface area (Å²) >= 11 is 0. The van der Waals surface area contributed by atoms with E-state index in [2.05, 4.69) is 6.92 Å². The highest BCUT2D eigenvalue weighted by Gasteiger charge is 1.99. The van der Waals surface area contributed by atoms with Crippen LogP contribution in [0, 0.1) is 6.92 Å². The van der Waals surface area contributed by atoms with E-state index in [1.807, 2.05) is 19.1 Å². The lowest BCUT2D eigenvalue weighted by molar-refractivity contribution is 0.302. The van der Waals surface area contributed by atoms with Gasteiger partial charge in [0.05, 0.1) is 6.61 Å². The first kappa shape index (κ1) is 15.9. The highest BCUT2D eigenvalue weighted by molar-refractivity contribution is 5.38. The van der Waals surface area contributed by atoms with E-state index in [0.717, 1.165) is 24.3 Å². The molecule has 0 aliphatic rings. The van der Waals surface area contributed by atoms with Crippen molar-refractivity contribution in [2.24, 2.45) is 0 Å². The molecule has 0 saturated carbocycles. The Hall–Kier alpha value is -1.18. The fourth-order valence-electron chi connectivity index (χ4n) is 2.10. The zero-order valence-electron chi connectivity index (χ0n) is 12.5. The van der Waals surface area contributed by atoms with Crippen LogP contribution in [-0.2, 0) is 0 Å². The lowest BCUT2D eigenvalue weighted by atomic mass is 10.1. The van der Waals surface area contributed by atoms with Gasteiger partial charge in [-0.25, -0.2) is 0 Å². The van der Waals surface area contributed by atoms with E-state index < -0.39 is 0 Å². The molecule has 1 aromatic carbocycles. The normalized spacial score (nSPS) is 10.6. The molecule has 0 atom stereocenters. The maximum Gasteiger partial charge on any atom is 0.122 e. The van der Waals surface area contributed by atoms with Crippen molar-refractivity contribution in [1.29, 1.82) is 0 Å². The van der Waals surface area contributed by atoms with Crippen LogP contribution in [-0.4, -0.2) is 11.7 Å². The fourth-order valence-corrected chi connectivity index (χ4v) is 2.10. The molecule has 108 valence electrons. The summed E-state index contributed by atoms with van der Waals surface area (Å²) in [6, 6.07) is 5.50. The molecule has 19 heavy (non-hydrogen) atoms. The van der Waals surface area contributed by atoms with E-state index in [4.69, 9.17) is 4.74 Å². The van der Waals surface area contributed by atoms with Gasteiger partial charge in [-0.3, -0.25) is 0 Å². The molecule has 2 nitrogen and oxygen atoms in total. The molecule has 0 saturated heterocycles. The van der Waals surface area contributed by atoms with Crippen LogP contribution in [0.4, 0.5) is 0 Å². The van der Waals surface area contributed by atoms with Crippen LogP contribution in [0.2, 0.25) is 0 Å². The van der Waals surface area contributed by atoms with Gasteiger partial charge < -0.3 is 9.84 Å². The zero-order chi connectivity index (χ0) is 13.9. The van der Waals surface area contributed by atoms with Crippen molar-refractivity contribution in [3.63, 3.8) is 0 Å². The topological polar surface area (TPSA) is 29.5 Å². The van der Waals surface area contributed by atoms with Crippen LogP contribution in [0.1, 0.15) is 63.9 Å². The molecule has 0 amide bonds. The molecule has 0 aliphatic heterocycles. The lowest BCUT2D eigenvalue weighted by Crippen LogP contribution is -1.97. The quantitative estimate of drug-likeness (QED) is 0.587. The molecule has 0 bridgehead atoms.